The Morgan fingerprint density at radius 2 is 1.79 bits per heavy atom. The molecule has 33 heavy (non-hydrogen) atoms. The fourth-order valence-corrected chi connectivity index (χ4v) is 4.76. The van der Waals surface area contributed by atoms with Crippen molar-refractivity contribution >= 4 is 26.8 Å². The number of benzene rings is 2. The second kappa shape index (κ2) is 8.75. The van der Waals surface area contributed by atoms with Gasteiger partial charge in [-0.1, -0.05) is 5.16 Å². The van der Waals surface area contributed by atoms with Gasteiger partial charge in [-0.25, -0.2) is 8.42 Å². The molecule has 0 radical (unpaired) electrons. The van der Waals surface area contributed by atoms with Gasteiger partial charge in [-0.15, -0.1) is 0 Å². The highest BCUT2D eigenvalue weighted by atomic mass is 32.2. The number of fused-ring (bicyclic) bond motifs is 1. The molecule has 0 fully saturated rings. The Morgan fingerprint density at radius 1 is 1.06 bits per heavy atom. The molecule has 0 saturated heterocycles. The first kappa shape index (κ1) is 22.6. The zero-order valence-electron chi connectivity index (χ0n) is 18.7. The third-order valence-corrected chi connectivity index (χ3v) is 6.75. The zero-order valence-corrected chi connectivity index (χ0v) is 19.6. The molecule has 4 aromatic rings. The second-order valence-electron chi connectivity index (χ2n) is 7.65. The van der Waals surface area contributed by atoms with Crippen LogP contribution in [0.25, 0.3) is 11.0 Å². The summed E-state index contributed by atoms with van der Waals surface area (Å²) in [5.74, 6) is 0.682. The van der Waals surface area contributed by atoms with E-state index in [2.05, 4.69) is 15.0 Å². The smallest absolute Gasteiger partial charge is 0.266 e. The number of rotatable bonds is 8. The maximum atomic E-state index is 13.2. The lowest BCUT2D eigenvalue weighted by molar-refractivity contribution is 0.402. The first-order chi connectivity index (χ1) is 15.7. The largest absolute Gasteiger partial charge is 0.496 e. The minimum Gasteiger partial charge on any atom is -0.496 e. The minimum atomic E-state index is -4.02. The van der Waals surface area contributed by atoms with Crippen LogP contribution < -0.4 is 19.9 Å². The van der Waals surface area contributed by atoms with E-state index < -0.39 is 10.0 Å². The van der Waals surface area contributed by atoms with Crippen molar-refractivity contribution in [2.75, 3.05) is 18.9 Å². The van der Waals surface area contributed by atoms with Crippen molar-refractivity contribution in [3.8, 4) is 11.5 Å². The average molecular weight is 472 g/mol. The van der Waals surface area contributed by atoms with Crippen molar-refractivity contribution in [3.63, 3.8) is 0 Å². The normalized spacial score (nSPS) is 11.7. The van der Waals surface area contributed by atoms with E-state index in [0.717, 1.165) is 22.3 Å². The van der Waals surface area contributed by atoms with Crippen molar-refractivity contribution in [1.29, 1.82) is 0 Å². The van der Waals surface area contributed by atoms with Crippen molar-refractivity contribution in [3.05, 3.63) is 58.9 Å². The first-order valence-corrected chi connectivity index (χ1v) is 11.6. The number of nitrogens with one attached hydrogen (secondary N) is 1. The van der Waals surface area contributed by atoms with Crippen LogP contribution in [0.15, 0.2) is 46.1 Å². The lowest BCUT2D eigenvalue weighted by atomic mass is 10.1. The van der Waals surface area contributed by atoms with Gasteiger partial charge < -0.3 is 19.7 Å². The van der Waals surface area contributed by atoms with Gasteiger partial charge in [0, 0.05) is 18.3 Å². The van der Waals surface area contributed by atoms with E-state index in [-0.39, 0.29) is 16.5 Å². The van der Waals surface area contributed by atoms with E-state index in [9.17, 15) is 8.42 Å². The number of hydrogen-bond donors (Lipinski definition) is 2. The monoisotopic (exact) mass is 471 g/mol. The molecule has 0 spiro atoms. The first-order valence-electron chi connectivity index (χ1n) is 10.1. The summed E-state index contributed by atoms with van der Waals surface area (Å²) in [5.41, 5.74) is 9.52. The summed E-state index contributed by atoms with van der Waals surface area (Å²) in [4.78, 5) is 0.00854. The average Bonchev–Trinajstić information content (AvgIpc) is 3.41. The maximum absolute atomic E-state index is 13.2. The molecule has 2 aromatic carbocycles. The van der Waals surface area contributed by atoms with E-state index in [1.54, 1.807) is 35.1 Å². The molecular formula is C22H25N5O5S. The predicted octanol–water partition coefficient (Wildman–Crippen LogP) is 2.97. The van der Waals surface area contributed by atoms with Crippen LogP contribution in [0.2, 0.25) is 0 Å². The Bertz CT molecular complexity index is 1420. The second-order valence-corrected chi connectivity index (χ2v) is 9.30. The van der Waals surface area contributed by atoms with Crippen LogP contribution in [-0.4, -0.2) is 37.6 Å². The number of anilines is 1. The van der Waals surface area contributed by atoms with Crippen molar-refractivity contribution in [2.45, 2.75) is 31.8 Å². The number of aromatic nitrogens is 3. The fourth-order valence-electron chi connectivity index (χ4n) is 3.51. The van der Waals surface area contributed by atoms with Crippen molar-refractivity contribution in [1.82, 2.24) is 14.9 Å². The SMILES string of the molecule is COc1cc(C)c(C)cc1S(=O)(=O)Nc1noc2cc(Cn3cc(CN)cn3)cc(OC)c12. The lowest BCUT2D eigenvalue weighted by Gasteiger charge is -2.13. The fraction of sp³-hybridized carbons (Fsp3) is 0.273. The van der Waals surface area contributed by atoms with Crippen LogP contribution >= 0.6 is 0 Å². The third kappa shape index (κ3) is 4.37. The highest BCUT2D eigenvalue weighted by molar-refractivity contribution is 7.92. The number of methoxy groups -OCH3 is 2. The van der Waals surface area contributed by atoms with Gasteiger partial charge in [0.1, 0.15) is 21.8 Å². The standard InChI is InChI=1S/C22H25N5O5S/c1-13-5-17(30-3)20(6-14(13)2)33(28,29)26-22-21-18(31-4)7-15(8-19(21)32-25-22)11-27-12-16(9-23)10-24-27/h5-8,10,12H,9,11,23H2,1-4H3,(H,25,26). The van der Waals surface area contributed by atoms with E-state index in [1.165, 1.54) is 14.2 Å². The maximum Gasteiger partial charge on any atom is 0.266 e. The Morgan fingerprint density at radius 3 is 2.45 bits per heavy atom. The van der Waals surface area contributed by atoms with Crippen LogP contribution in [0, 0.1) is 13.8 Å². The minimum absolute atomic E-state index is 0.00854. The number of aryl methyl sites for hydroxylation is 2. The van der Waals surface area contributed by atoms with Crippen LogP contribution in [0.4, 0.5) is 5.82 Å². The number of sulfonamides is 1. The molecule has 174 valence electrons. The van der Waals surface area contributed by atoms with E-state index in [1.807, 2.05) is 20.0 Å². The van der Waals surface area contributed by atoms with E-state index in [0.29, 0.717) is 29.8 Å². The summed E-state index contributed by atoms with van der Waals surface area (Å²) in [7, 11) is -1.10. The van der Waals surface area contributed by atoms with Gasteiger partial charge in [0.05, 0.1) is 27.0 Å². The number of nitrogens with zero attached hydrogens (tertiary/aromatic N) is 3. The molecule has 4 rings (SSSR count). The highest BCUT2D eigenvalue weighted by Gasteiger charge is 2.25. The Kier molecular flexibility index (Phi) is 6.00. The Labute approximate surface area is 191 Å². The summed E-state index contributed by atoms with van der Waals surface area (Å²) < 4.78 is 46.9. The van der Waals surface area contributed by atoms with Gasteiger partial charge in [-0.3, -0.25) is 9.40 Å². The molecule has 0 aliphatic rings. The van der Waals surface area contributed by atoms with Crippen molar-refractivity contribution < 1.29 is 22.4 Å². The molecule has 0 saturated carbocycles. The topological polar surface area (TPSA) is 134 Å². The molecule has 3 N–H and O–H groups in total. The van der Waals surface area contributed by atoms with Gasteiger partial charge in [0.25, 0.3) is 10.0 Å². The zero-order chi connectivity index (χ0) is 23.8. The van der Waals surface area contributed by atoms with Gasteiger partial charge in [0.2, 0.25) is 0 Å². The molecule has 0 aliphatic carbocycles. The molecular weight excluding hydrogens is 446 g/mol. The predicted molar refractivity (Wildman–Crippen MR) is 123 cm³/mol. The number of hydrogen-bond acceptors (Lipinski definition) is 8. The van der Waals surface area contributed by atoms with Crippen LogP contribution in [0.1, 0.15) is 22.3 Å². The summed E-state index contributed by atoms with van der Waals surface area (Å²) in [5, 5.41) is 8.64. The molecule has 10 nitrogen and oxygen atoms in total. The van der Waals surface area contributed by atoms with Crippen LogP contribution in [-0.2, 0) is 23.1 Å². The summed E-state index contributed by atoms with van der Waals surface area (Å²) in [6.45, 7) is 4.57. The van der Waals surface area contributed by atoms with Gasteiger partial charge in [-0.2, -0.15) is 5.10 Å². The summed E-state index contributed by atoms with van der Waals surface area (Å²) in [6, 6.07) is 6.80. The molecule has 0 unspecified atom stereocenters. The third-order valence-electron chi connectivity index (χ3n) is 5.39. The van der Waals surface area contributed by atoms with E-state index >= 15 is 0 Å². The van der Waals surface area contributed by atoms with Crippen LogP contribution in [0.3, 0.4) is 0 Å². The van der Waals surface area contributed by atoms with E-state index in [4.69, 9.17) is 19.7 Å². The molecule has 2 aromatic heterocycles. The molecule has 0 atom stereocenters. The lowest BCUT2D eigenvalue weighted by Crippen LogP contribution is -2.15. The highest BCUT2D eigenvalue weighted by Crippen LogP contribution is 2.36. The Balaban J connectivity index is 1.71. The molecule has 0 bridgehead atoms. The van der Waals surface area contributed by atoms with Crippen LogP contribution in [0.5, 0.6) is 11.5 Å². The van der Waals surface area contributed by atoms with Gasteiger partial charge in [0.15, 0.2) is 11.4 Å². The molecule has 11 heteroatoms. The molecule has 0 aliphatic heterocycles. The van der Waals surface area contributed by atoms with Gasteiger partial charge >= 0.3 is 0 Å². The quantitative estimate of drug-likeness (QED) is 0.400. The molecule has 0 amide bonds. The molecule has 2 heterocycles. The Hall–Kier alpha value is -3.57. The summed E-state index contributed by atoms with van der Waals surface area (Å²) in [6.07, 6.45) is 3.56. The number of ether oxygens (including phenoxy) is 2. The number of nitrogens with two attached hydrogens (primary N) is 1. The summed E-state index contributed by atoms with van der Waals surface area (Å²) >= 11 is 0. The van der Waals surface area contributed by atoms with Gasteiger partial charge in [-0.05, 0) is 54.8 Å². The van der Waals surface area contributed by atoms with Crippen molar-refractivity contribution in [2.24, 2.45) is 5.73 Å².